The number of ether oxygens (including phenoxy) is 1. The molecule has 0 saturated heterocycles. The molecule has 0 unspecified atom stereocenters. The number of aromatic nitrogens is 1. The Bertz CT molecular complexity index is 743. The molecule has 0 saturated carbocycles. The topological polar surface area (TPSA) is 83.2 Å². The summed E-state index contributed by atoms with van der Waals surface area (Å²) in [6.45, 7) is 1.78. The summed E-state index contributed by atoms with van der Waals surface area (Å²) in [5.74, 6) is -0.0544. The minimum Gasteiger partial charge on any atom is -0.497 e. The Balaban J connectivity index is 1.96. The molecule has 2 rings (SSSR count). The number of hydrogen-bond donors (Lipinski definition) is 3. The molecule has 7 heteroatoms. The van der Waals surface area contributed by atoms with Crippen LogP contribution in [0.5, 0.6) is 5.75 Å². The van der Waals surface area contributed by atoms with E-state index in [2.05, 4.69) is 15.6 Å². The third-order valence-electron chi connectivity index (χ3n) is 2.97. The van der Waals surface area contributed by atoms with Crippen LogP contribution in [-0.4, -0.2) is 18.1 Å². The predicted octanol–water partition coefficient (Wildman–Crippen LogP) is 2.15. The molecule has 0 aliphatic carbocycles. The average molecular weight is 305 g/mol. The monoisotopic (exact) mass is 305 g/mol. The molecule has 2 aromatic rings. The lowest BCUT2D eigenvalue weighted by Gasteiger charge is -2.09. The molecule has 0 aliphatic heterocycles. The highest BCUT2D eigenvalue weighted by Crippen LogP contribution is 2.15. The van der Waals surface area contributed by atoms with Gasteiger partial charge in [0.1, 0.15) is 11.6 Å². The number of aryl methyl sites for hydroxylation is 1. The number of hydrogen-bond acceptors (Lipinski definition) is 3. The van der Waals surface area contributed by atoms with E-state index in [1.807, 2.05) is 0 Å². The number of benzene rings is 1. The number of rotatable bonds is 4. The average Bonchev–Trinajstić information content (AvgIpc) is 2.48. The van der Waals surface area contributed by atoms with Gasteiger partial charge in [0.05, 0.1) is 12.8 Å². The summed E-state index contributed by atoms with van der Waals surface area (Å²) in [6, 6.07) is 5.30. The van der Waals surface area contributed by atoms with E-state index in [-0.39, 0.29) is 12.1 Å². The number of anilines is 1. The summed E-state index contributed by atoms with van der Waals surface area (Å²) in [5.41, 5.74) is 1.32. The summed E-state index contributed by atoms with van der Waals surface area (Å²) in [6.07, 6.45) is 1.40. The second-order valence-corrected chi connectivity index (χ2v) is 4.71. The summed E-state index contributed by atoms with van der Waals surface area (Å²) >= 11 is 0. The molecule has 0 aliphatic rings. The van der Waals surface area contributed by atoms with E-state index in [0.29, 0.717) is 22.6 Å². The maximum Gasteiger partial charge on any atom is 0.319 e. The van der Waals surface area contributed by atoms with E-state index in [1.165, 1.54) is 25.4 Å². The Hall–Kier alpha value is -2.83. The molecule has 116 valence electrons. The van der Waals surface area contributed by atoms with Crippen molar-refractivity contribution in [2.45, 2.75) is 13.5 Å². The molecule has 0 radical (unpaired) electrons. The molecule has 1 aromatic carbocycles. The number of carbonyl (C=O) groups excluding carboxylic acids is 1. The zero-order valence-corrected chi connectivity index (χ0v) is 12.2. The molecular weight excluding hydrogens is 289 g/mol. The number of pyridine rings is 1. The van der Waals surface area contributed by atoms with Crippen molar-refractivity contribution >= 4 is 11.7 Å². The Morgan fingerprint density at radius 2 is 2.09 bits per heavy atom. The van der Waals surface area contributed by atoms with E-state index in [1.54, 1.807) is 19.1 Å². The first-order valence-electron chi connectivity index (χ1n) is 6.55. The summed E-state index contributed by atoms with van der Waals surface area (Å²) in [4.78, 5) is 25.5. The van der Waals surface area contributed by atoms with E-state index in [9.17, 15) is 14.0 Å². The SMILES string of the molecule is COc1cc(F)cc(CNC(=O)Nc2c[nH]c(=O)c(C)c2)c1. The van der Waals surface area contributed by atoms with Gasteiger partial charge in [-0.1, -0.05) is 0 Å². The maximum atomic E-state index is 13.3. The maximum absolute atomic E-state index is 13.3. The van der Waals surface area contributed by atoms with E-state index >= 15 is 0 Å². The molecule has 0 atom stereocenters. The Labute approximate surface area is 126 Å². The molecule has 22 heavy (non-hydrogen) atoms. The minimum absolute atomic E-state index is 0.141. The predicted molar refractivity (Wildman–Crippen MR) is 80.6 cm³/mol. The molecular formula is C15H16FN3O3. The minimum atomic E-state index is -0.463. The number of methoxy groups -OCH3 is 1. The lowest BCUT2D eigenvalue weighted by molar-refractivity contribution is 0.251. The van der Waals surface area contributed by atoms with Gasteiger partial charge in [-0.3, -0.25) is 4.79 Å². The third-order valence-corrected chi connectivity index (χ3v) is 2.97. The number of nitrogens with one attached hydrogen (secondary N) is 3. The first kappa shape index (κ1) is 15.6. The van der Waals surface area contributed by atoms with Crippen molar-refractivity contribution in [1.29, 1.82) is 0 Å². The van der Waals surface area contributed by atoms with Crippen molar-refractivity contribution in [3.8, 4) is 5.75 Å². The van der Waals surface area contributed by atoms with E-state index in [4.69, 9.17) is 4.74 Å². The molecule has 3 N–H and O–H groups in total. The van der Waals surface area contributed by atoms with Gasteiger partial charge < -0.3 is 20.4 Å². The smallest absolute Gasteiger partial charge is 0.319 e. The van der Waals surface area contributed by atoms with Crippen molar-refractivity contribution in [1.82, 2.24) is 10.3 Å². The normalized spacial score (nSPS) is 10.1. The van der Waals surface area contributed by atoms with Gasteiger partial charge in [0.25, 0.3) is 5.56 Å². The van der Waals surface area contributed by atoms with Crippen LogP contribution in [-0.2, 0) is 6.54 Å². The van der Waals surface area contributed by atoms with Crippen LogP contribution in [0.4, 0.5) is 14.9 Å². The fourth-order valence-electron chi connectivity index (χ4n) is 1.87. The van der Waals surface area contributed by atoms with Gasteiger partial charge >= 0.3 is 6.03 Å². The highest BCUT2D eigenvalue weighted by molar-refractivity contribution is 5.89. The van der Waals surface area contributed by atoms with Gasteiger partial charge in [-0.2, -0.15) is 0 Å². The molecule has 6 nitrogen and oxygen atoms in total. The number of aromatic amines is 1. The summed E-state index contributed by atoms with van der Waals surface area (Å²) < 4.78 is 18.3. The number of amides is 2. The van der Waals surface area contributed by atoms with Crippen molar-refractivity contribution in [3.63, 3.8) is 0 Å². The zero-order chi connectivity index (χ0) is 16.1. The fourth-order valence-corrected chi connectivity index (χ4v) is 1.87. The molecule has 2 amide bonds. The van der Waals surface area contributed by atoms with Crippen molar-refractivity contribution in [2.75, 3.05) is 12.4 Å². The fraction of sp³-hybridized carbons (Fsp3) is 0.200. The summed E-state index contributed by atoms with van der Waals surface area (Å²) in [5, 5.41) is 5.17. The van der Waals surface area contributed by atoms with E-state index in [0.717, 1.165) is 0 Å². The first-order valence-corrected chi connectivity index (χ1v) is 6.55. The van der Waals surface area contributed by atoms with Crippen LogP contribution in [0, 0.1) is 12.7 Å². The molecule has 0 fully saturated rings. The molecule has 1 heterocycles. The number of carbonyl (C=O) groups is 1. The van der Waals surface area contributed by atoms with Crippen LogP contribution >= 0.6 is 0 Å². The number of H-pyrrole nitrogens is 1. The number of urea groups is 1. The van der Waals surface area contributed by atoms with Crippen molar-refractivity contribution < 1.29 is 13.9 Å². The third kappa shape index (κ3) is 4.08. The van der Waals surface area contributed by atoms with Crippen LogP contribution in [0.1, 0.15) is 11.1 Å². The lowest BCUT2D eigenvalue weighted by atomic mass is 10.2. The highest BCUT2D eigenvalue weighted by Gasteiger charge is 2.05. The van der Waals surface area contributed by atoms with Gasteiger partial charge in [0, 0.05) is 24.4 Å². The van der Waals surface area contributed by atoms with Gasteiger partial charge in [-0.25, -0.2) is 9.18 Å². The second-order valence-electron chi connectivity index (χ2n) is 4.71. The quantitative estimate of drug-likeness (QED) is 0.809. The Kier molecular flexibility index (Phi) is 4.77. The second kappa shape index (κ2) is 6.75. The van der Waals surface area contributed by atoms with E-state index < -0.39 is 11.8 Å². The lowest BCUT2D eigenvalue weighted by Crippen LogP contribution is -2.28. The van der Waals surface area contributed by atoms with Crippen LogP contribution in [0.3, 0.4) is 0 Å². The van der Waals surface area contributed by atoms with Crippen LogP contribution in [0.2, 0.25) is 0 Å². The van der Waals surface area contributed by atoms with Gasteiger partial charge in [-0.15, -0.1) is 0 Å². The molecule has 0 spiro atoms. The number of halogens is 1. The van der Waals surface area contributed by atoms with Gasteiger partial charge in [0.2, 0.25) is 0 Å². The zero-order valence-electron chi connectivity index (χ0n) is 12.2. The highest BCUT2D eigenvalue weighted by atomic mass is 19.1. The Morgan fingerprint density at radius 1 is 1.32 bits per heavy atom. The van der Waals surface area contributed by atoms with Crippen LogP contribution in [0.15, 0.2) is 35.3 Å². The van der Waals surface area contributed by atoms with Gasteiger partial charge in [-0.05, 0) is 30.7 Å². The summed E-state index contributed by atoms with van der Waals surface area (Å²) in [7, 11) is 1.44. The first-order chi connectivity index (χ1) is 10.5. The largest absolute Gasteiger partial charge is 0.497 e. The molecule has 0 bridgehead atoms. The van der Waals surface area contributed by atoms with Crippen molar-refractivity contribution in [2.24, 2.45) is 0 Å². The van der Waals surface area contributed by atoms with Crippen LogP contribution < -0.4 is 20.9 Å². The van der Waals surface area contributed by atoms with Gasteiger partial charge in [0.15, 0.2) is 0 Å². The van der Waals surface area contributed by atoms with Crippen LogP contribution in [0.25, 0.3) is 0 Å². The standard InChI is InChI=1S/C15H16FN3O3/c1-9-3-12(8-17-14(9)20)19-15(21)18-7-10-4-11(16)6-13(5-10)22-2/h3-6,8H,7H2,1-2H3,(H,17,20)(H2,18,19,21). The van der Waals surface area contributed by atoms with Crippen molar-refractivity contribution in [3.05, 3.63) is 57.8 Å². The Morgan fingerprint density at radius 3 is 2.77 bits per heavy atom. The molecule has 1 aromatic heterocycles.